The maximum atomic E-state index is 3.59. The van der Waals surface area contributed by atoms with E-state index in [1.54, 1.807) is 0 Å². The summed E-state index contributed by atoms with van der Waals surface area (Å²) in [4.78, 5) is 1.32. The minimum Gasteiger partial charge on any atom is -0.313 e. The Morgan fingerprint density at radius 1 is 1.29 bits per heavy atom. The second-order valence-electron chi connectivity index (χ2n) is 4.46. The van der Waals surface area contributed by atoms with Crippen LogP contribution in [-0.2, 0) is 0 Å². The molecule has 96 valence electrons. The molecule has 1 N–H and O–H groups in total. The molecule has 0 radical (unpaired) electrons. The second-order valence-corrected chi connectivity index (χ2v) is 6.79. The molecule has 1 nitrogen and oxygen atoms in total. The first kappa shape index (κ1) is 15.1. The van der Waals surface area contributed by atoms with E-state index in [9.17, 15) is 0 Å². The highest BCUT2D eigenvalue weighted by Crippen LogP contribution is 2.29. The van der Waals surface area contributed by atoms with Crippen LogP contribution in [0.4, 0.5) is 0 Å². The summed E-state index contributed by atoms with van der Waals surface area (Å²) in [5.74, 6) is 0. The zero-order chi connectivity index (χ0) is 12.7. The van der Waals surface area contributed by atoms with Crippen LogP contribution >= 0.6 is 27.7 Å². The van der Waals surface area contributed by atoms with Crippen molar-refractivity contribution in [2.24, 2.45) is 0 Å². The van der Waals surface area contributed by atoms with Gasteiger partial charge >= 0.3 is 0 Å². The first-order valence-electron chi connectivity index (χ1n) is 6.28. The van der Waals surface area contributed by atoms with Crippen molar-refractivity contribution in [3.8, 4) is 0 Å². The van der Waals surface area contributed by atoms with Crippen LogP contribution in [0.5, 0.6) is 0 Å². The highest BCUT2D eigenvalue weighted by molar-refractivity contribution is 9.10. The first-order chi connectivity index (χ1) is 8.13. The average molecular weight is 316 g/mol. The van der Waals surface area contributed by atoms with Gasteiger partial charge in [0.15, 0.2) is 0 Å². The minimum atomic E-state index is 0.591. The third-order valence-corrected chi connectivity index (χ3v) is 4.77. The maximum absolute atomic E-state index is 3.59. The predicted molar refractivity (Wildman–Crippen MR) is 81.8 cm³/mol. The third kappa shape index (κ3) is 5.94. The van der Waals surface area contributed by atoms with Gasteiger partial charge < -0.3 is 5.32 Å². The number of hydrogen-bond donors (Lipinski definition) is 1. The Morgan fingerprint density at radius 3 is 2.65 bits per heavy atom. The smallest absolute Gasteiger partial charge is 0.0311 e. The maximum Gasteiger partial charge on any atom is 0.0311 e. The number of rotatable bonds is 7. The van der Waals surface area contributed by atoms with E-state index in [1.165, 1.54) is 22.2 Å². The molecule has 0 amide bonds. The summed E-state index contributed by atoms with van der Waals surface area (Å²) in [6, 6.07) is 9.04. The third-order valence-electron chi connectivity index (χ3n) is 2.64. The molecule has 0 bridgehead atoms. The van der Waals surface area contributed by atoms with Crippen LogP contribution in [0.2, 0.25) is 0 Å². The van der Waals surface area contributed by atoms with Gasteiger partial charge in [0.2, 0.25) is 0 Å². The largest absolute Gasteiger partial charge is 0.313 e. The lowest BCUT2D eigenvalue weighted by atomic mass is 10.2. The Hall–Kier alpha value is 0.01000. The molecule has 0 saturated carbocycles. The van der Waals surface area contributed by atoms with Gasteiger partial charge in [-0.05, 0) is 41.4 Å². The van der Waals surface area contributed by atoms with Crippen LogP contribution in [-0.4, -0.2) is 17.8 Å². The SMILES string of the molecule is CCCC(C)NCC(C)Sc1ccccc1Br. The predicted octanol–water partition coefficient (Wildman–Crippen LogP) is 4.71. The summed E-state index contributed by atoms with van der Waals surface area (Å²) < 4.78 is 1.19. The minimum absolute atomic E-state index is 0.591. The molecule has 2 unspecified atom stereocenters. The topological polar surface area (TPSA) is 12.0 Å². The number of halogens is 1. The first-order valence-corrected chi connectivity index (χ1v) is 7.95. The van der Waals surface area contributed by atoms with E-state index in [0.29, 0.717) is 11.3 Å². The van der Waals surface area contributed by atoms with Gasteiger partial charge in [-0.25, -0.2) is 0 Å². The van der Waals surface area contributed by atoms with Gasteiger partial charge in [0.1, 0.15) is 0 Å². The van der Waals surface area contributed by atoms with Crippen molar-refractivity contribution in [1.29, 1.82) is 0 Å². The normalized spacial score (nSPS) is 14.6. The molecule has 1 rings (SSSR count). The van der Waals surface area contributed by atoms with Crippen LogP contribution in [0.3, 0.4) is 0 Å². The summed E-state index contributed by atoms with van der Waals surface area (Å²) >= 11 is 5.51. The standard InChI is InChI=1S/C14H22BrNS/c1-4-7-11(2)16-10-12(3)17-14-9-6-5-8-13(14)15/h5-6,8-9,11-12,16H,4,7,10H2,1-3H3. The van der Waals surface area contributed by atoms with E-state index >= 15 is 0 Å². The van der Waals surface area contributed by atoms with Crippen molar-refractivity contribution in [2.75, 3.05) is 6.54 Å². The molecule has 0 aliphatic carbocycles. The Balaban J connectivity index is 2.34. The summed E-state index contributed by atoms with van der Waals surface area (Å²) in [5.41, 5.74) is 0. The molecule has 3 heteroatoms. The van der Waals surface area contributed by atoms with Crippen LogP contribution < -0.4 is 5.32 Å². The monoisotopic (exact) mass is 315 g/mol. The molecular weight excluding hydrogens is 294 g/mol. The molecule has 0 heterocycles. The number of hydrogen-bond acceptors (Lipinski definition) is 2. The van der Waals surface area contributed by atoms with E-state index in [-0.39, 0.29) is 0 Å². The Kier molecular flexibility index (Phi) is 7.24. The van der Waals surface area contributed by atoms with Crippen molar-refractivity contribution in [3.05, 3.63) is 28.7 Å². The van der Waals surface area contributed by atoms with Gasteiger partial charge in [-0.3, -0.25) is 0 Å². The van der Waals surface area contributed by atoms with Crippen molar-refractivity contribution in [3.63, 3.8) is 0 Å². The van der Waals surface area contributed by atoms with Crippen LogP contribution in [0.15, 0.2) is 33.6 Å². The molecule has 0 saturated heterocycles. The van der Waals surface area contributed by atoms with E-state index < -0.39 is 0 Å². The summed E-state index contributed by atoms with van der Waals surface area (Å²) in [6.45, 7) is 7.83. The Labute approximate surface area is 118 Å². The molecule has 0 fully saturated rings. The molecule has 1 aromatic rings. The lowest BCUT2D eigenvalue weighted by molar-refractivity contribution is 0.511. The molecule has 17 heavy (non-hydrogen) atoms. The van der Waals surface area contributed by atoms with Gasteiger partial charge in [-0.2, -0.15) is 0 Å². The van der Waals surface area contributed by atoms with Gasteiger partial charge in [-0.1, -0.05) is 32.4 Å². The molecule has 0 aliphatic rings. The van der Waals surface area contributed by atoms with Crippen LogP contribution in [0.25, 0.3) is 0 Å². The fourth-order valence-electron chi connectivity index (χ4n) is 1.70. The average Bonchev–Trinajstić information content (AvgIpc) is 2.30. The van der Waals surface area contributed by atoms with Crippen LogP contribution in [0.1, 0.15) is 33.6 Å². The molecule has 2 atom stereocenters. The Bertz CT molecular complexity index is 330. The summed E-state index contributed by atoms with van der Waals surface area (Å²) in [6.07, 6.45) is 2.51. The van der Waals surface area contributed by atoms with Crippen molar-refractivity contribution < 1.29 is 0 Å². The van der Waals surface area contributed by atoms with E-state index in [0.717, 1.165) is 6.54 Å². The molecule has 0 spiro atoms. The van der Waals surface area contributed by atoms with E-state index in [1.807, 2.05) is 11.8 Å². The van der Waals surface area contributed by atoms with Crippen molar-refractivity contribution in [1.82, 2.24) is 5.32 Å². The molecular formula is C14H22BrNS. The molecule has 0 aromatic heterocycles. The van der Waals surface area contributed by atoms with E-state index in [2.05, 4.69) is 66.3 Å². The fraction of sp³-hybridized carbons (Fsp3) is 0.571. The highest BCUT2D eigenvalue weighted by atomic mass is 79.9. The van der Waals surface area contributed by atoms with E-state index in [4.69, 9.17) is 0 Å². The zero-order valence-electron chi connectivity index (χ0n) is 10.9. The summed E-state index contributed by atoms with van der Waals surface area (Å²) in [7, 11) is 0. The number of thioether (sulfide) groups is 1. The zero-order valence-corrected chi connectivity index (χ0v) is 13.3. The second kappa shape index (κ2) is 8.17. The summed E-state index contributed by atoms with van der Waals surface area (Å²) in [5, 5.41) is 4.18. The number of benzene rings is 1. The number of nitrogens with one attached hydrogen (secondary N) is 1. The molecule has 0 aliphatic heterocycles. The van der Waals surface area contributed by atoms with Gasteiger partial charge in [0.05, 0.1) is 0 Å². The highest BCUT2D eigenvalue weighted by Gasteiger charge is 2.08. The van der Waals surface area contributed by atoms with Crippen molar-refractivity contribution in [2.45, 2.75) is 49.8 Å². The van der Waals surface area contributed by atoms with Gasteiger partial charge in [-0.15, -0.1) is 11.8 Å². The lowest BCUT2D eigenvalue weighted by Gasteiger charge is -2.17. The van der Waals surface area contributed by atoms with Gasteiger partial charge in [0, 0.05) is 27.2 Å². The van der Waals surface area contributed by atoms with Gasteiger partial charge in [0.25, 0.3) is 0 Å². The van der Waals surface area contributed by atoms with Crippen LogP contribution in [0, 0.1) is 0 Å². The quantitative estimate of drug-likeness (QED) is 0.731. The fourth-order valence-corrected chi connectivity index (χ4v) is 3.22. The molecule has 1 aromatic carbocycles. The Morgan fingerprint density at radius 2 is 2.00 bits per heavy atom. The van der Waals surface area contributed by atoms with Crippen molar-refractivity contribution >= 4 is 27.7 Å². The lowest BCUT2D eigenvalue weighted by Crippen LogP contribution is -2.31.